The summed E-state index contributed by atoms with van der Waals surface area (Å²) in [7, 11) is 2.05. The molecule has 88 valence electrons. The molecular formula is C12H15ClO2S. The summed E-state index contributed by atoms with van der Waals surface area (Å²) in [5.74, 6) is 0. The summed E-state index contributed by atoms with van der Waals surface area (Å²) in [5, 5.41) is 0. The van der Waals surface area contributed by atoms with Gasteiger partial charge >= 0.3 is 0 Å². The van der Waals surface area contributed by atoms with E-state index in [-0.39, 0.29) is 0 Å². The molecule has 1 aliphatic carbocycles. The fraction of sp³-hybridized carbons (Fsp3) is 0.500. The second kappa shape index (κ2) is 3.74. The average molecular weight is 259 g/mol. The summed E-state index contributed by atoms with van der Waals surface area (Å²) >= 11 is 0. The average Bonchev–Trinajstić information content (AvgIpc) is 2.91. The van der Waals surface area contributed by atoms with Crippen molar-refractivity contribution < 1.29 is 8.42 Å². The van der Waals surface area contributed by atoms with Crippen molar-refractivity contribution in [3.8, 4) is 0 Å². The molecule has 1 fully saturated rings. The van der Waals surface area contributed by atoms with Gasteiger partial charge in [-0.1, -0.05) is 23.8 Å². The van der Waals surface area contributed by atoms with E-state index < -0.39 is 13.8 Å². The number of aryl methyl sites for hydroxylation is 2. The lowest BCUT2D eigenvalue weighted by atomic mass is 10.0. The maximum absolute atomic E-state index is 11.5. The Labute approximate surface area is 101 Å². The quantitative estimate of drug-likeness (QED) is 0.782. The Balaban J connectivity index is 2.32. The minimum absolute atomic E-state index is 0.548. The molecule has 1 aromatic rings. The molecule has 0 N–H and O–H groups in total. The molecule has 0 atom stereocenters. The molecule has 0 aromatic heterocycles. The van der Waals surface area contributed by atoms with Gasteiger partial charge in [-0.25, -0.2) is 8.42 Å². The number of rotatable bonds is 3. The monoisotopic (exact) mass is 258 g/mol. The number of halogens is 1. The summed E-state index contributed by atoms with van der Waals surface area (Å²) in [6.07, 6.45) is 1.92. The molecule has 1 aliphatic rings. The lowest BCUT2D eigenvalue weighted by Gasteiger charge is -2.13. The van der Waals surface area contributed by atoms with Gasteiger partial charge in [0.25, 0.3) is 0 Å². The zero-order chi connectivity index (χ0) is 12.0. The Hall–Kier alpha value is -0.540. The van der Waals surface area contributed by atoms with E-state index in [0.29, 0.717) is 19.3 Å². The molecule has 1 aromatic carbocycles. The number of hydrogen-bond acceptors (Lipinski definition) is 2. The molecule has 1 saturated carbocycles. The highest BCUT2D eigenvalue weighted by atomic mass is 35.7. The van der Waals surface area contributed by atoms with Crippen LogP contribution in [0, 0.1) is 13.8 Å². The molecular weight excluding hydrogens is 244 g/mol. The molecule has 0 radical (unpaired) electrons. The van der Waals surface area contributed by atoms with Crippen molar-refractivity contribution in [1.82, 2.24) is 0 Å². The van der Waals surface area contributed by atoms with Crippen LogP contribution >= 0.6 is 10.7 Å². The van der Waals surface area contributed by atoms with E-state index in [1.54, 1.807) is 0 Å². The van der Waals surface area contributed by atoms with Gasteiger partial charge in [0.1, 0.15) is 0 Å². The third-order valence-electron chi connectivity index (χ3n) is 3.34. The van der Waals surface area contributed by atoms with Crippen LogP contribution in [0.5, 0.6) is 0 Å². The van der Waals surface area contributed by atoms with E-state index in [9.17, 15) is 8.42 Å². The summed E-state index contributed by atoms with van der Waals surface area (Å²) in [6.45, 7) is 4.02. The summed E-state index contributed by atoms with van der Waals surface area (Å²) in [5.41, 5.74) is 3.39. The van der Waals surface area contributed by atoms with Crippen LogP contribution in [0.4, 0.5) is 0 Å². The molecule has 0 aliphatic heterocycles. The van der Waals surface area contributed by atoms with E-state index in [1.807, 2.05) is 26.0 Å². The Morgan fingerprint density at radius 2 is 1.94 bits per heavy atom. The smallest absolute Gasteiger partial charge is 0.212 e. The van der Waals surface area contributed by atoms with Gasteiger partial charge in [-0.2, -0.15) is 0 Å². The van der Waals surface area contributed by atoms with Crippen LogP contribution in [0.3, 0.4) is 0 Å². The third-order valence-corrected chi connectivity index (χ3v) is 5.91. The van der Waals surface area contributed by atoms with E-state index in [1.165, 1.54) is 0 Å². The van der Waals surface area contributed by atoms with Crippen LogP contribution in [0.15, 0.2) is 18.2 Å². The highest BCUT2D eigenvalue weighted by Crippen LogP contribution is 2.48. The van der Waals surface area contributed by atoms with Crippen LogP contribution in [-0.4, -0.2) is 13.2 Å². The third kappa shape index (κ3) is 2.11. The lowest BCUT2D eigenvalue weighted by Crippen LogP contribution is -2.21. The minimum atomic E-state index is -3.45. The fourth-order valence-electron chi connectivity index (χ4n) is 1.98. The van der Waals surface area contributed by atoms with Crippen molar-refractivity contribution in [2.75, 3.05) is 0 Å². The molecule has 0 unspecified atom stereocenters. The predicted octanol–water partition coefficient (Wildman–Crippen LogP) is 2.95. The lowest BCUT2D eigenvalue weighted by molar-refractivity contribution is 0.590. The highest BCUT2D eigenvalue weighted by molar-refractivity contribution is 8.15. The zero-order valence-corrected chi connectivity index (χ0v) is 11.0. The van der Waals surface area contributed by atoms with Crippen molar-refractivity contribution in [3.05, 3.63) is 34.9 Å². The Bertz CT molecular complexity index is 516. The maximum atomic E-state index is 11.5. The molecule has 2 nitrogen and oxygen atoms in total. The van der Waals surface area contributed by atoms with E-state index in [2.05, 4.69) is 6.07 Å². The van der Waals surface area contributed by atoms with Crippen molar-refractivity contribution in [2.45, 2.75) is 37.9 Å². The van der Waals surface area contributed by atoms with E-state index in [4.69, 9.17) is 10.7 Å². The van der Waals surface area contributed by atoms with Crippen LogP contribution in [0.1, 0.15) is 29.5 Å². The zero-order valence-electron chi connectivity index (χ0n) is 9.46. The van der Waals surface area contributed by atoms with E-state index >= 15 is 0 Å². The highest BCUT2D eigenvalue weighted by Gasteiger charge is 2.53. The molecule has 0 saturated heterocycles. The van der Waals surface area contributed by atoms with Gasteiger partial charge < -0.3 is 0 Å². The first-order chi connectivity index (χ1) is 7.34. The van der Waals surface area contributed by atoms with Crippen LogP contribution in [-0.2, 0) is 15.5 Å². The van der Waals surface area contributed by atoms with Crippen LogP contribution in [0.25, 0.3) is 0 Å². The number of benzene rings is 1. The first-order valence-electron chi connectivity index (χ1n) is 5.34. The van der Waals surface area contributed by atoms with Crippen molar-refractivity contribution in [2.24, 2.45) is 0 Å². The summed E-state index contributed by atoms with van der Waals surface area (Å²) in [6, 6.07) is 6.12. The van der Waals surface area contributed by atoms with Gasteiger partial charge in [-0.15, -0.1) is 0 Å². The number of hydrogen-bond donors (Lipinski definition) is 0. The van der Waals surface area contributed by atoms with Crippen molar-refractivity contribution >= 4 is 19.7 Å². The van der Waals surface area contributed by atoms with Gasteiger partial charge in [-0.3, -0.25) is 0 Å². The molecule has 0 amide bonds. The normalized spacial score (nSPS) is 18.4. The van der Waals surface area contributed by atoms with E-state index in [0.717, 1.165) is 16.7 Å². The largest absolute Gasteiger partial charge is 0.238 e. The topological polar surface area (TPSA) is 34.1 Å². The Morgan fingerprint density at radius 3 is 2.44 bits per heavy atom. The Kier molecular flexibility index (Phi) is 2.79. The second-order valence-electron chi connectivity index (χ2n) is 4.73. The standard InChI is InChI=1S/C12H15ClO2S/c1-9-3-4-10(2)11(7-9)8-12(5-6-12)16(13,14)15/h3-4,7H,5-6,8H2,1-2H3. The predicted molar refractivity (Wildman–Crippen MR) is 66.4 cm³/mol. The van der Waals surface area contributed by atoms with Crippen LogP contribution < -0.4 is 0 Å². The molecule has 16 heavy (non-hydrogen) atoms. The first kappa shape index (κ1) is 11.9. The second-order valence-corrected chi connectivity index (χ2v) is 7.69. The van der Waals surface area contributed by atoms with Gasteiger partial charge in [0.2, 0.25) is 9.05 Å². The maximum Gasteiger partial charge on any atom is 0.238 e. The SMILES string of the molecule is Cc1ccc(C)c(CC2(S(=O)(=O)Cl)CC2)c1. The fourth-order valence-corrected chi connectivity index (χ4v) is 3.53. The molecule has 4 heteroatoms. The Morgan fingerprint density at radius 1 is 1.31 bits per heavy atom. The molecule has 2 rings (SSSR count). The molecule has 0 bridgehead atoms. The van der Waals surface area contributed by atoms with Crippen LogP contribution in [0.2, 0.25) is 0 Å². The minimum Gasteiger partial charge on any atom is -0.212 e. The summed E-state index contributed by atoms with van der Waals surface area (Å²) in [4.78, 5) is 0. The van der Waals surface area contributed by atoms with Gasteiger partial charge in [0, 0.05) is 10.7 Å². The molecule has 0 heterocycles. The van der Waals surface area contributed by atoms with Crippen molar-refractivity contribution in [3.63, 3.8) is 0 Å². The van der Waals surface area contributed by atoms with Crippen molar-refractivity contribution in [1.29, 1.82) is 0 Å². The first-order valence-corrected chi connectivity index (χ1v) is 7.65. The summed E-state index contributed by atoms with van der Waals surface area (Å²) < 4.78 is 22.3. The van der Waals surface area contributed by atoms with Gasteiger partial charge in [0.05, 0.1) is 4.75 Å². The van der Waals surface area contributed by atoms with Gasteiger partial charge in [-0.05, 0) is 44.2 Å². The molecule has 0 spiro atoms. The van der Waals surface area contributed by atoms with Gasteiger partial charge in [0.15, 0.2) is 0 Å².